The van der Waals surface area contributed by atoms with E-state index in [2.05, 4.69) is 20.0 Å². The van der Waals surface area contributed by atoms with Crippen molar-refractivity contribution in [3.8, 4) is 11.3 Å². The van der Waals surface area contributed by atoms with Crippen molar-refractivity contribution in [2.75, 3.05) is 11.9 Å². The van der Waals surface area contributed by atoms with E-state index in [1.807, 2.05) is 47.2 Å². The summed E-state index contributed by atoms with van der Waals surface area (Å²) in [5, 5.41) is 6.31. The van der Waals surface area contributed by atoms with E-state index in [9.17, 15) is 4.79 Å². The molecule has 2 N–H and O–H groups in total. The molecule has 0 atom stereocenters. The molecule has 0 saturated heterocycles. The fourth-order valence-electron chi connectivity index (χ4n) is 1.95. The van der Waals surface area contributed by atoms with Gasteiger partial charge in [-0.2, -0.15) is 4.37 Å². The lowest BCUT2D eigenvalue weighted by Crippen LogP contribution is -2.31. The first-order chi connectivity index (χ1) is 10.8. The van der Waals surface area contributed by atoms with Gasteiger partial charge in [0.1, 0.15) is 5.00 Å². The zero-order valence-electron chi connectivity index (χ0n) is 11.8. The maximum atomic E-state index is 11.8. The number of nitrogens with zero attached hydrogens (tertiary/aromatic N) is 3. The van der Waals surface area contributed by atoms with Crippen LogP contribution in [0.5, 0.6) is 0 Å². The molecule has 3 rings (SSSR count). The van der Waals surface area contributed by atoms with E-state index in [0.29, 0.717) is 13.1 Å². The van der Waals surface area contributed by atoms with E-state index in [1.54, 1.807) is 12.5 Å². The lowest BCUT2D eigenvalue weighted by molar-refractivity contribution is 0.252. The molecule has 0 aliphatic heterocycles. The zero-order valence-corrected chi connectivity index (χ0v) is 12.6. The predicted octanol–water partition coefficient (Wildman–Crippen LogP) is 2.83. The molecular formula is C15H15N5OS. The van der Waals surface area contributed by atoms with Crippen LogP contribution in [0.15, 0.2) is 55.1 Å². The van der Waals surface area contributed by atoms with Gasteiger partial charge in [-0.15, -0.1) is 0 Å². The molecule has 0 aliphatic carbocycles. The third kappa shape index (κ3) is 3.70. The van der Waals surface area contributed by atoms with Gasteiger partial charge in [-0.05, 0) is 11.5 Å². The maximum Gasteiger partial charge on any atom is 0.319 e. The molecule has 2 heterocycles. The first kappa shape index (κ1) is 14.3. The van der Waals surface area contributed by atoms with Crippen LogP contribution in [0.4, 0.5) is 9.80 Å². The van der Waals surface area contributed by atoms with Crippen LogP contribution in [0.25, 0.3) is 11.3 Å². The molecule has 0 aliphatic rings. The highest BCUT2D eigenvalue weighted by molar-refractivity contribution is 7.10. The first-order valence-corrected chi connectivity index (χ1v) is 7.61. The Kier molecular flexibility index (Phi) is 4.45. The van der Waals surface area contributed by atoms with Crippen molar-refractivity contribution >= 4 is 22.6 Å². The van der Waals surface area contributed by atoms with E-state index in [1.165, 1.54) is 11.5 Å². The highest BCUT2D eigenvalue weighted by Crippen LogP contribution is 2.24. The van der Waals surface area contributed by atoms with Gasteiger partial charge < -0.3 is 9.88 Å². The molecular weight excluding hydrogens is 298 g/mol. The Morgan fingerprint density at radius 1 is 1.27 bits per heavy atom. The minimum absolute atomic E-state index is 0.233. The summed E-state index contributed by atoms with van der Waals surface area (Å²) < 4.78 is 6.25. The number of nitrogens with one attached hydrogen (secondary N) is 2. The highest BCUT2D eigenvalue weighted by Gasteiger charge is 2.07. The molecule has 0 unspecified atom stereocenters. The number of rotatable bonds is 5. The predicted molar refractivity (Wildman–Crippen MR) is 86.8 cm³/mol. The third-order valence-electron chi connectivity index (χ3n) is 3.03. The van der Waals surface area contributed by atoms with Gasteiger partial charge in [-0.25, -0.2) is 9.78 Å². The number of aromatic nitrogens is 3. The van der Waals surface area contributed by atoms with Crippen molar-refractivity contribution < 1.29 is 4.79 Å². The molecule has 2 amide bonds. The maximum absolute atomic E-state index is 11.8. The van der Waals surface area contributed by atoms with Gasteiger partial charge in [0, 0.05) is 37.1 Å². The minimum Gasteiger partial charge on any atom is -0.336 e. The molecule has 1 aromatic carbocycles. The molecule has 22 heavy (non-hydrogen) atoms. The summed E-state index contributed by atoms with van der Waals surface area (Å²) in [6, 6.07) is 11.5. The number of imidazole rings is 1. The molecule has 0 spiro atoms. The highest BCUT2D eigenvalue weighted by atomic mass is 32.1. The molecule has 3 aromatic rings. The number of urea groups is 1. The quantitative estimate of drug-likeness (QED) is 0.761. The molecule has 0 saturated carbocycles. The van der Waals surface area contributed by atoms with Crippen LogP contribution in [0.3, 0.4) is 0 Å². The third-order valence-corrected chi connectivity index (χ3v) is 3.74. The normalized spacial score (nSPS) is 10.4. The second-order valence-corrected chi connectivity index (χ2v) is 5.43. The second-order valence-electron chi connectivity index (χ2n) is 4.62. The number of hydrogen-bond acceptors (Lipinski definition) is 4. The smallest absolute Gasteiger partial charge is 0.319 e. The fraction of sp³-hybridized carbons (Fsp3) is 0.133. The van der Waals surface area contributed by atoms with Crippen LogP contribution in [0, 0.1) is 0 Å². The van der Waals surface area contributed by atoms with Crippen LogP contribution in [-0.4, -0.2) is 26.5 Å². The second kappa shape index (κ2) is 6.86. The van der Waals surface area contributed by atoms with E-state index >= 15 is 0 Å². The van der Waals surface area contributed by atoms with E-state index in [4.69, 9.17) is 0 Å². The average molecular weight is 313 g/mol. The Bertz CT molecular complexity index is 723. The number of anilines is 1. The van der Waals surface area contributed by atoms with Gasteiger partial charge in [0.25, 0.3) is 0 Å². The van der Waals surface area contributed by atoms with Crippen LogP contribution >= 0.6 is 11.5 Å². The van der Waals surface area contributed by atoms with Gasteiger partial charge in [0.15, 0.2) is 0 Å². The molecule has 7 heteroatoms. The zero-order chi connectivity index (χ0) is 15.2. The number of amides is 2. The fourth-order valence-corrected chi connectivity index (χ4v) is 2.61. The van der Waals surface area contributed by atoms with E-state index in [0.717, 1.165) is 16.3 Å². The van der Waals surface area contributed by atoms with Gasteiger partial charge in [-0.1, -0.05) is 30.3 Å². The number of carbonyl (C=O) groups is 1. The SMILES string of the molecule is O=C(NCCn1ccnc1)Nc1cc(-c2ccccc2)ns1. The van der Waals surface area contributed by atoms with Crippen molar-refractivity contribution in [3.63, 3.8) is 0 Å². The summed E-state index contributed by atoms with van der Waals surface area (Å²) in [6.45, 7) is 1.22. The lowest BCUT2D eigenvalue weighted by Gasteiger charge is -2.05. The van der Waals surface area contributed by atoms with Gasteiger partial charge in [-0.3, -0.25) is 5.32 Å². The van der Waals surface area contributed by atoms with E-state index in [-0.39, 0.29) is 6.03 Å². The Labute approximate surface area is 132 Å². The largest absolute Gasteiger partial charge is 0.336 e. The molecule has 0 radical (unpaired) electrons. The van der Waals surface area contributed by atoms with Crippen molar-refractivity contribution in [2.45, 2.75) is 6.54 Å². The van der Waals surface area contributed by atoms with Crippen molar-refractivity contribution in [1.82, 2.24) is 19.2 Å². The Morgan fingerprint density at radius 2 is 2.14 bits per heavy atom. The summed E-state index contributed by atoms with van der Waals surface area (Å²) >= 11 is 1.27. The van der Waals surface area contributed by atoms with Crippen molar-refractivity contribution in [1.29, 1.82) is 0 Å². The van der Waals surface area contributed by atoms with Gasteiger partial charge in [0.05, 0.1) is 12.0 Å². The molecule has 0 fully saturated rings. The van der Waals surface area contributed by atoms with Crippen LogP contribution < -0.4 is 10.6 Å². The topological polar surface area (TPSA) is 71.8 Å². The number of benzene rings is 1. The number of carbonyl (C=O) groups excluding carboxylic acids is 1. The lowest BCUT2D eigenvalue weighted by atomic mass is 10.2. The van der Waals surface area contributed by atoms with Gasteiger partial charge in [0.2, 0.25) is 0 Å². The van der Waals surface area contributed by atoms with Gasteiger partial charge >= 0.3 is 6.03 Å². The summed E-state index contributed by atoms with van der Waals surface area (Å²) in [4.78, 5) is 15.8. The Hall–Kier alpha value is -2.67. The molecule has 112 valence electrons. The standard InChI is InChI=1S/C15H15N5OS/c21-15(17-7-9-20-8-6-16-11-20)18-14-10-13(19-22-14)12-4-2-1-3-5-12/h1-6,8,10-11H,7,9H2,(H2,17,18,21). The van der Waals surface area contributed by atoms with E-state index < -0.39 is 0 Å². The summed E-state index contributed by atoms with van der Waals surface area (Å²) in [5.41, 5.74) is 1.90. The Balaban J connectivity index is 1.50. The molecule has 2 aromatic heterocycles. The van der Waals surface area contributed by atoms with Crippen molar-refractivity contribution in [2.24, 2.45) is 0 Å². The summed E-state index contributed by atoms with van der Waals surface area (Å²) in [5.74, 6) is 0. The van der Waals surface area contributed by atoms with Crippen LogP contribution in [0.2, 0.25) is 0 Å². The monoisotopic (exact) mass is 313 g/mol. The minimum atomic E-state index is -0.233. The Morgan fingerprint density at radius 3 is 2.91 bits per heavy atom. The summed E-state index contributed by atoms with van der Waals surface area (Å²) in [7, 11) is 0. The molecule has 0 bridgehead atoms. The molecule has 6 nitrogen and oxygen atoms in total. The van der Waals surface area contributed by atoms with Crippen molar-refractivity contribution in [3.05, 3.63) is 55.1 Å². The average Bonchev–Trinajstić information content (AvgIpc) is 3.20. The van der Waals surface area contributed by atoms with Crippen LogP contribution in [-0.2, 0) is 6.54 Å². The summed E-state index contributed by atoms with van der Waals surface area (Å²) in [6.07, 6.45) is 5.28. The first-order valence-electron chi connectivity index (χ1n) is 6.84. The van der Waals surface area contributed by atoms with Crippen LogP contribution in [0.1, 0.15) is 0 Å². The number of hydrogen-bond donors (Lipinski definition) is 2.